The molecular formula is C22H34N2O4. The van der Waals surface area contributed by atoms with Gasteiger partial charge in [0, 0.05) is 6.54 Å². The number of aliphatic carboxylic acids is 1. The van der Waals surface area contributed by atoms with Gasteiger partial charge in [-0.05, 0) is 44.4 Å². The molecule has 6 heteroatoms. The number of carbonyl (C=O) groups excluding carboxylic acids is 1. The molecule has 0 aliphatic heterocycles. The van der Waals surface area contributed by atoms with Gasteiger partial charge in [0.1, 0.15) is 11.6 Å². The van der Waals surface area contributed by atoms with E-state index < -0.39 is 29.7 Å². The van der Waals surface area contributed by atoms with Crippen LogP contribution in [0.25, 0.3) is 5.57 Å². The van der Waals surface area contributed by atoms with Crippen molar-refractivity contribution in [1.82, 2.24) is 10.2 Å². The molecule has 6 nitrogen and oxygen atoms in total. The molecule has 0 saturated carbocycles. The summed E-state index contributed by atoms with van der Waals surface area (Å²) in [6.45, 7) is 13.8. The number of rotatable bonds is 10. The summed E-state index contributed by atoms with van der Waals surface area (Å²) in [7, 11) is 1.74. The summed E-state index contributed by atoms with van der Waals surface area (Å²) in [5.74, 6) is -0.976. The fraction of sp³-hybridized carbons (Fsp3) is 0.545. The molecule has 0 fully saturated rings. The van der Waals surface area contributed by atoms with Crippen molar-refractivity contribution in [3.05, 3.63) is 42.5 Å². The standard InChI is InChI=1S/C22H34N2O4/c1-8-22(5,6)28-21(27)23-18(16(4)17-12-10-9-11-13-17)14-24(7)19(15(2)3)20(25)26/h9-13,15,18-19H,4,8,14H2,1-3,5-7H3,(H,23,27)(H,25,26)/t18-,19+/m1/s1. The molecule has 0 spiro atoms. The van der Waals surface area contributed by atoms with Gasteiger partial charge in [-0.3, -0.25) is 9.69 Å². The van der Waals surface area contributed by atoms with Gasteiger partial charge in [0.2, 0.25) is 0 Å². The van der Waals surface area contributed by atoms with Crippen LogP contribution in [-0.2, 0) is 9.53 Å². The van der Waals surface area contributed by atoms with Gasteiger partial charge in [-0.25, -0.2) is 4.79 Å². The first-order valence-electron chi connectivity index (χ1n) is 9.65. The number of nitrogens with zero attached hydrogens (tertiary/aromatic N) is 1. The van der Waals surface area contributed by atoms with Crippen LogP contribution in [-0.4, -0.2) is 53.3 Å². The highest BCUT2D eigenvalue weighted by Gasteiger charge is 2.30. The fourth-order valence-electron chi connectivity index (χ4n) is 2.98. The third-order valence-corrected chi connectivity index (χ3v) is 4.91. The van der Waals surface area contributed by atoms with E-state index in [4.69, 9.17) is 4.74 Å². The molecule has 2 atom stereocenters. The summed E-state index contributed by atoms with van der Waals surface area (Å²) in [6.07, 6.45) is 0.137. The van der Waals surface area contributed by atoms with Crippen LogP contribution >= 0.6 is 0 Å². The molecule has 156 valence electrons. The van der Waals surface area contributed by atoms with Crippen LogP contribution in [0.5, 0.6) is 0 Å². The van der Waals surface area contributed by atoms with Crippen molar-refractivity contribution in [2.75, 3.05) is 13.6 Å². The largest absolute Gasteiger partial charge is 0.480 e. The highest BCUT2D eigenvalue weighted by Crippen LogP contribution is 2.20. The first kappa shape index (κ1) is 23.7. The molecule has 1 aromatic carbocycles. The van der Waals surface area contributed by atoms with Crippen LogP contribution in [0.4, 0.5) is 4.79 Å². The predicted molar refractivity (Wildman–Crippen MR) is 112 cm³/mol. The van der Waals surface area contributed by atoms with Gasteiger partial charge < -0.3 is 15.2 Å². The molecule has 28 heavy (non-hydrogen) atoms. The van der Waals surface area contributed by atoms with E-state index in [2.05, 4.69) is 11.9 Å². The summed E-state index contributed by atoms with van der Waals surface area (Å²) in [4.78, 5) is 25.9. The van der Waals surface area contributed by atoms with E-state index in [0.717, 1.165) is 5.56 Å². The van der Waals surface area contributed by atoms with Gasteiger partial charge in [-0.1, -0.05) is 57.7 Å². The number of carboxylic acids is 1. The Balaban J connectivity index is 3.05. The molecule has 0 saturated heterocycles. The molecule has 0 aromatic heterocycles. The second-order valence-electron chi connectivity index (χ2n) is 8.06. The summed E-state index contributed by atoms with van der Waals surface area (Å²) < 4.78 is 5.51. The van der Waals surface area contributed by atoms with Crippen molar-refractivity contribution in [3.8, 4) is 0 Å². The third-order valence-electron chi connectivity index (χ3n) is 4.91. The number of carbonyl (C=O) groups is 2. The molecule has 1 aromatic rings. The second kappa shape index (κ2) is 10.3. The smallest absolute Gasteiger partial charge is 0.408 e. The molecule has 0 unspecified atom stereocenters. The second-order valence-corrected chi connectivity index (χ2v) is 8.06. The summed E-state index contributed by atoms with van der Waals surface area (Å²) in [5.41, 5.74) is 0.995. The molecule has 2 N–H and O–H groups in total. The lowest BCUT2D eigenvalue weighted by atomic mass is 9.97. The number of hydrogen-bond acceptors (Lipinski definition) is 4. The minimum Gasteiger partial charge on any atom is -0.480 e. The van der Waals surface area contributed by atoms with E-state index in [9.17, 15) is 14.7 Å². The molecular weight excluding hydrogens is 356 g/mol. The molecule has 1 amide bonds. The van der Waals surface area contributed by atoms with Gasteiger partial charge in [-0.2, -0.15) is 0 Å². The van der Waals surface area contributed by atoms with Crippen LogP contribution in [0.2, 0.25) is 0 Å². The highest BCUT2D eigenvalue weighted by atomic mass is 16.6. The summed E-state index contributed by atoms with van der Waals surface area (Å²) in [5, 5.41) is 12.4. The zero-order valence-electron chi connectivity index (χ0n) is 17.9. The molecule has 1 rings (SSSR count). The Morgan fingerprint density at radius 1 is 1.25 bits per heavy atom. The maximum atomic E-state index is 12.5. The minimum absolute atomic E-state index is 0.0842. The van der Waals surface area contributed by atoms with E-state index >= 15 is 0 Å². The predicted octanol–water partition coefficient (Wildman–Crippen LogP) is 4.02. The average Bonchev–Trinajstić information content (AvgIpc) is 2.60. The van der Waals surface area contributed by atoms with E-state index in [0.29, 0.717) is 18.5 Å². The van der Waals surface area contributed by atoms with Crippen molar-refractivity contribution < 1.29 is 19.4 Å². The number of carboxylic acid groups (broad SMARTS) is 1. The van der Waals surface area contributed by atoms with Crippen molar-refractivity contribution in [3.63, 3.8) is 0 Å². The maximum Gasteiger partial charge on any atom is 0.408 e. The average molecular weight is 391 g/mol. The van der Waals surface area contributed by atoms with E-state index in [1.54, 1.807) is 11.9 Å². The fourth-order valence-corrected chi connectivity index (χ4v) is 2.98. The first-order chi connectivity index (χ1) is 13.0. The summed E-state index contributed by atoms with van der Waals surface area (Å²) >= 11 is 0. The SMILES string of the molecule is C=C(c1ccccc1)[C@@H](CN(C)[C@H](C(=O)O)C(C)C)NC(=O)OC(C)(C)CC. The minimum atomic E-state index is -0.892. The normalized spacial score (nSPS) is 13.9. The van der Waals surface area contributed by atoms with Crippen LogP contribution in [0.3, 0.4) is 0 Å². The highest BCUT2D eigenvalue weighted by molar-refractivity contribution is 5.76. The zero-order valence-corrected chi connectivity index (χ0v) is 17.9. The Kier molecular flexibility index (Phi) is 8.69. The van der Waals surface area contributed by atoms with Gasteiger partial charge >= 0.3 is 12.1 Å². The zero-order chi connectivity index (χ0) is 21.5. The van der Waals surface area contributed by atoms with E-state index in [-0.39, 0.29) is 5.92 Å². The Morgan fingerprint density at radius 3 is 2.29 bits per heavy atom. The van der Waals surface area contributed by atoms with Crippen LogP contribution < -0.4 is 5.32 Å². The van der Waals surface area contributed by atoms with Crippen molar-refractivity contribution in [2.24, 2.45) is 5.92 Å². The molecule has 0 bridgehead atoms. The van der Waals surface area contributed by atoms with Crippen LogP contribution in [0, 0.1) is 5.92 Å². The number of hydrogen-bond donors (Lipinski definition) is 2. The Bertz CT molecular complexity index is 670. The number of ether oxygens (including phenoxy) is 1. The number of nitrogens with one attached hydrogen (secondary N) is 1. The number of alkyl carbamates (subject to hydrolysis) is 1. The Morgan fingerprint density at radius 2 is 1.82 bits per heavy atom. The lowest BCUT2D eigenvalue weighted by molar-refractivity contribution is -0.144. The van der Waals surface area contributed by atoms with Crippen molar-refractivity contribution in [2.45, 2.75) is 58.7 Å². The molecule has 0 aliphatic carbocycles. The lowest BCUT2D eigenvalue weighted by Crippen LogP contribution is -2.50. The number of amides is 1. The number of benzene rings is 1. The van der Waals surface area contributed by atoms with Gasteiger partial charge in [0.05, 0.1) is 6.04 Å². The molecule has 0 radical (unpaired) electrons. The van der Waals surface area contributed by atoms with Crippen LogP contribution in [0.1, 0.15) is 46.6 Å². The lowest BCUT2D eigenvalue weighted by Gasteiger charge is -2.33. The maximum absolute atomic E-state index is 12.5. The quantitative estimate of drug-likeness (QED) is 0.631. The summed E-state index contributed by atoms with van der Waals surface area (Å²) in [6, 6.07) is 8.36. The first-order valence-corrected chi connectivity index (χ1v) is 9.65. The van der Waals surface area contributed by atoms with Gasteiger partial charge in [0.15, 0.2) is 0 Å². The monoisotopic (exact) mass is 390 g/mol. The molecule has 0 heterocycles. The Hall–Kier alpha value is -2.34. The number of likely N-dealkylation sites (N-methyl/N-ethyl adjacent to an activating group) is 1. The molecule has 0 aliphatic rings. The van der Waals surface area contributed by atoms with Crippen LogP contribution in [0.15, 0.2) is 36.9 Å². The van der Waals surface area contributed by atoms with Crippen molar-refractivity contribution in [1.29, 1.82) is 0 Å². The van der Waals surface area contributed by atoms with Crippen molar-refractivity contribution >= 4 is 17.6 Å². The van der Waals surface area contributed by atoms with Gasteiger partial charge in [0.25, 0.3) is 0 Å². The third kappa shape index (κ3) is 7.00. The van der Waals surface area contributed by atoms with E-state index in [1.807, 2.05) is 65.0 Å². The van der Waals surface area contributed by atoms with E-state index in [1.165, 1.54) is 0 Å². The Labute approximate surface area is 168 Å². The van der Waals surface area contributed by atoms with Gasteiger partial charge in [-0.15, -0.1) is 0 Å². The topological polar surface area (TPSA) is 78.9 Å².